The maximum absolute atomic E-state index is 10.8. The van der Waals surface area contributed by atoms with Crippen molar-refractivity contribution in [2.45, 2.75) is 17.6 Å². The van der Waals surface area contributed by atoms with E-state index in [0.29, 0.717) is 5.75 Å². The Morgan fingerprint density at radius 3 is 2.53 bits per heavy atom. The summed E-state index contributed by atoms with van der Waals surface area (Å²) in [7, 11) is 0. The highest BCUT2D eigenvalue weighted by molar-refractivity contribution is 7.98. The Morgan fingerprint density at radius 2 is 1.89 bits per heavy atom. The lowest BCUT2D eigenvalue weighted by Crippen LogP contribution is -1.96. The summed E-state index contributed by atoms with van der Waals surface area (Å²) < 4.78 is 0. The monoisotopic (exact) mass is 274 g/mol. The van der Waals surface area contributed by atoms with Crippen LogP contribution in [0.1, 0.15) is 11.1 Å². The number of benzene rings is 2. The van der Waals surface area contributed by atoms with E-state index in [1.54, 1.807) is 17.8 Å². The van der Waals surface area contributed by atoms with Crippen molar-refractivity contribution in [1.29, 1.82) is 0 Å². The topological polar surface area (TPSA) is 69.2 Å². The van der Waals surface area contributed by atoms with Gasteiger partial charge in [0.1, 0.15) is 5.69 Å². The van der Waals surface area contributed by atoms with Crippen LogP contribution in [0.15, 0.2) is 47.4 Å². The Bertz CT molecular complexity index is 597. The van der Waals surface area contributed by atoms with Crippen molar-refractivity contribution in [3.05, 3.63) is 63.7 Å². The van der Waals surface area contributed by atoms with Gasteiger partial charge in [-0.1, -0.05) is 23.8 Å². The Labute approximate surface area is 115 Å². The number of thioether (sulfide) groups is 1. The average Bonchev–Trinajstić information content (AvgIpc) is 2.39. The van der Waals surface area contributed by atoms with Crippen LogP contribution in [0.2, 0.25) is 0 Å². The number of aryl methyl sites for hydroxylation is 1. The lowest BCUT2D eigenvalue weighted by molar-refractivity contribution is -0.383. The molecule has 5 heteroatoms. The minimum atomic E-state index is -0.449. The van der Waals surface area contributed by atoms with E-state index in [4.69, 9.17) is 5.73 Å². The smallest absolute Gasteiger partial charge is 0.292 e. The SMILES string of the molecule is Cc1ccc(SCc2ccc(N)c([N+](=O)[O-])c2)cc1. The third-order valence-corrected chi connectivity index (χ3v) is 3.80. The number of nitro benzene ring substituents is 1. The lowest BCUT2D eigenvalue weighted by Gasteiger charge is -2.04. The van der Waals surface area contributed by atoms with Gasteiger partial charge in [0.05, 0.1) is 4.92 Å². The molecule has 0 aliphatic heterocycles. The molecular weight excluding hydrogens is 260 g/mol. The molecule has 0 aliphatic rings. The summed E-state index contributed by atoms with van der Waals surface area (Å²) in [5.74, 6) is 0.685. The Kier molecular flexibility index (Phi) is 4.06. The van der Waals surface area contributed by atoms with Crippen molar-refractivity contribution in [1.82, 2.24) is 0 Å². The molecule has 0 saturated heterocycles. The largest absolute Gasteiger partial charge is 0.393 e. The van der Waals surface area contributed by atoms with E-state index in [2.05, 4.69) is 0 Å². The van der Waals surface area contributed by atoms with E-state index in [0.717, 1.165) is 10.5 Å². The van der Waals surface area contributed by atoms with Gasteiger partial charge in [-0.3, -0.25) is 10.1 Å². The van der Waals surface area contributed by atoms with Gasteiger partial charge in [0.15, 0.2) is 0 Å². The molecule has 0 bridgehead atoms. The number of anilines is 1. The number of hydrogen-bond acceptors (Lipinski definition) is 4. The molecule has 19 heavy (non-hydrogen) atoms. The predicted octanol–water partition coefficient (Wildman–Crippen LogP) is 3.78. The van der Waals surface area contributed by atoms with Crippen LogP contribution in [0.4, 0.5) is 11.4 Å². The highest BCUT2D eigenvalue weighted by Crippen LogP contribution is 2.27. The van der Waals surface area contributed by atoms with Gasteiger partial charge in [-0.15, -0.1) is 11.8 Å². The number of nitrogens with zero attached hydrogens (tertiary/aromatic N) is 1. The first-order valence-electron chi connectivity index (χ1n) is 5.78. The second kappa shape index (κ2) is 5.75. The molecule has 0 amide bonds. The summed E-state index contributed by atoms with van der Waals surface area (Å²) in [5, 5.41) is 10.8. The highest BCUT2D eigenvalue weighted by atomic mass is 32.2. The van der Waals surface area contributed by atoms with Crippen LogP contribution < -0.4 is 5.73 Å². The van der Waals surface area contributed by atoms with Crippen molar-refractivity contribution < 1.29 is 4.92 Å². The standard InChI is InChI=1S/C14H14N2O2S/c1-10-2-5-12(6-3-10)19-9-11-4-7-13(15)14(8-11)16(17)18/h2-8H,9,15H2,1H3. The average molecular weight is 274 g/mol. The molecule has 0 spiro atoms. The third kappa shape index (κ3) is 3.48. The second-order valence-corrected chi connectivity index (χ2v) is 5.30. The minimum absolute atomic E-state index is 0.0259. The molecule has 0 aromatic heterocycles. The van der Waals surface area contributed by atoms with Crippen LogP contribution in [-0.4, -0.2) is 4.92 Å². The highest BCUT2D eigenvalue weighted by Gasteiger charge is 2.11. The van der Waals surface area contributed by atoms with Gasteiger partial charge in [-0.2, -0.15) is 0 Å². The Balaban J connectivity index is 2.09. The minimum Gasteiger partial charge on any atom is -0.393 e. The van der Waals surface area contributed by atoms with Gasteiger partial charge in [0.25, 0.3) is 5.69 Å². The van der Waals surface area contributed by atoms with Gasteiger partial charge in [0, 0.05) is 16.7 Å². The fraction of sp³-hybridized carbons (Fsp3) is 0.143. The zero-order chi connectivity index (χ0) is 13.8. The first-order valence-corrected chi connectivity index (χ1v) is 6.77. The van der Waals surface area contributed by atoms with E-state index < -0.39 is 4.92 Å². The van der Waals surface area contributed by atoms with Crippen molar-refractivity contribution in [2.24, 2.45) is 0 Å². The molecule has 2 aromatic carbocycles. The van der Waals surface area contributed by atoms with E-state index in [-0.39, 0.29) is 11.4 Å². The Morgan fingerprint density at radius 1 is 1.21 bits per heavy atom. The lowest BCUT2D eigenvalue weighted by atomic mass is 10.2. The van der Waals surface area contributed by atoms with Crippen LogP contribution in [0.3, 0.4) is 0 Å². The van der Waals surface area contributed by atoms with Crippen LogP contribution in [-0.2, 0) is 5.75 Å². The molecule has 0 saturated carbocycles. The number of hydrogen-bond donors (Lipinski definition) is 1. The molecule has 98 valence electrons. The number of nitrogens with two attached hydrogens (primary N) is 1. The van der Waals surface area contributed by atoms with Crippen LogP contribution in [0, 0.1) is 17.0 Å². The molecule has 2 aromatic rings. The zero-order valence-electron chi connectivity index (χ0n) is 10.5. The van der Waals surface area contributed by atoms with E-state index in [9.17, 15) is 10.1 Å². The summed E-state index contributed by atoms with van der Waals surface area (Å²) in [4.78, 5) is 11.5. The van der Waals surface area contributed by atoms with Crippen LogP contribution in [0.5, 0.6) is 0 Å². The fourth-order valence-corrected chi connectivity index (χ4v) is 2.48. The number of rotatable bonds is 4. The molecule has 0 aliphatic carbocycles. The normalized spacial score (nSPS) is 10.4. The van der Waals surface area contributed by atoms with Gasteiger partial charge < -0.3 is 5.73 Å². The zero-order valence-corrected chi connectivity index (χ0v) is 11.3. The summed E-state index contributed by atoms with van der Waals surface area (Å²) in [6.07, 6.45) is 0. The van der Waals surface area contributed by atoms with E-state index in [1.807, 2.05) is 37.3 Å². The van der Waals surface area contributed by atoms with Crippen molar-refractivity contribution in [3.8, 4) is 0 Å². The van der Waals surface area contributed by atoms with Crippen molar-refractivity contribution in [2.75, 3.05) is 5.73 Å². The molecule has 0 unspecified atom stereocenters. The number of nitrogen functional groups attached to an aromatic ring is 1. The summed E-state index contributed by atoms with van der Waals surface area (Å²) in [6, 6.07) is 13.1. The molecule has 2 N–H and O–H groups in total. The van der Waals surface area contributed by atoms with Gasteiger partial charge in [-0.05, 0) is 30.7 Å². The molecule has 4 nitrogen and oxygen atoms in total. The Hall–Kier alpha value is -2.01. The third-order valence-electron chi connectivity index (χ3n) is 2.72. The number of nitro groups is 1. The van der Waals surface area contributed by atoms with Gasteiger partial charge >= 0.3 is 0 Å². The van der Waals surface area contributed by atoms with E-state index in [1.165, 1.54) is 11.6 Å². The van der Waals surface area contributed by atoms with Gasteiger partial charge in [0.2, 0.25) is 0 Å². The van der Waals surface area contributed by atoms with Crippen LogP contribution in [0.25, 0.3) is 0 Å². The fourth-order valence-electron chi connectivity index (χ4n) is 1.64. The maximum atomic E-state index is 10.8. The summed E-state index contributed by atoms with van der Waals surface area (Å²) >= 11 is 1.65. The van der Waals surface area contributed by atoms with E-state index >= 15 is 0 Å². The molecule has 0 fully saturated rings. The van der Waals surface area contributed by atoms with Crippen molar-refractivity contribution in [3.63, 3.8) is 0 Å². The second-order valence-electron chi connectivity index (χ2n) is 4.25. The first-order chi connectivity index (χ1) is 9.06. The van der Waals surface area contributed by atoms with Crippen molar-refractivity contribution >= 4 is 23.1 Å². The first kappa shape index (κ1) is 13.4. The molecule has 2 rings (SSSR count). The molecule has 0 radical (unpaired) electrons. The molecule has 0 atom stereocenters. The predicted molar refractivity (Wildman–Crippen MR) is 78.2 cm³/mol. The van der Waals surface area contributed by atoms with Gasteiger partial charge in [-0.25, -0.2) is 0 Å². The molecule has 0 heterocycles. The maximum Gasteiger partial charge on any atom is 0.292 e. The summed E-state index contributed by atoms with van der Waals surface area (Å²) in [6.45, 7) is 2.04. The summed E-state index contributed by atoms with van der Waals surface area (Å²) in [5.41, 5.74) is 7.85. The molecular formula is C14H14N2O2S. The quantitative estimate of drug-likeness (QED) is 0.399. The van der Waals surface area contributed by atoms with Crippen LogP contribution >= 0.6 is 11.8 Å².